The highest BCUT2D eigenvalue weighted by atomic mass is 35.5. The number of primary amides is 1. The van der Waals surface area contributed by atoms with E-state index < -0.39 is 15.9 Å². The quantitative estimate of drug-likeness (QED) is 0.324. The van der Waals surface area contributed by atoms with Gasteiger partial charge in [0.2, 0.25) is 16.0 Å². The van der Waals surface area contributed by atoms with E-state index in [1.165, 1.54) is 19.4 Å². The average Bonchev–Trinajstić information content (AvgIpc) is 2.76. The Morgan fingerprint density at radius 3 is 2.59 bits per heavy atom. The summed E-state index contributed by atoms with van der Waals surface area (Å²) in [6, 6.07) is 10.0. The van der Waals surface area contributed by atoms with Crippen molar-refractivity contribution in [3.05, 3.63) is 53.2 Å². The van der Waals surface area contributed by atoms with Crippen LogP contribution in [0.1, 0.15) is 5.56 Å². The van der Waals surface area contributed by atoms with Gasteiger partial charge in [0.25, 0.3) is 5.91 Å². The van der Waals surface area contributed by atoms with Crippen molar-refractivity contribution in [3.63, 3.8) is 0 Å². The van der Waals surface area contributed by atoms with Crippen LogP contribution >= 0.6 is 11.6 Å². The van der Waals surface area contributed by atoms with Crippen molar-refractivity contribution < 1.29 is 22.7 Å². The van der Waals surface area contributed by atoms with Gasteiger partial charge in [0.15, 0.2) is 12.4 Å². The van der Waals surface area contributed by atoms with Gasteiger partial charge in [-0.05, 0) is 31.2 Å². The van der Waals surface area contributed by atoms with E-state index in [4.69, 9.17) is 26.8 Å². The standard InChI is InChI=1S/C21H23ClN6O5S/c1-12-15(5-4-6-18(12)33-11-19(23)29)26-21-24-10-14(22)20(27-21)25-16-8-7-13(32-2)9-17(16)28-34(3,30)31/h4-10,28H,11H2,1-3H3,(H2,23,29)(H2,24,25,26,27). The van der Waals surface area contributed by atoms with Crippen LogP contribution in [0.2, 0.25) is 5.02 Å². The largest absolute Gasteiger partial charge is 0.497 e. The Hall–Kier alpha value is -3.77. The fourth-order valence-corrected chi connectivity index (χ4v) is 3.57. The monoisotopic (exact) mass is 506 g/mol. The molecule has 34 heavy (non-hydrogen) atoms. The summed E-state index contributed by atoms with van der Waals surface area (Å²) in [6.45, 7) is 1.55. The molecule has 180 valence electrons. The molecule has 0 radical (unpaired) electrons. The lowest BCUT2D eigenvalue weighted by molar-refractivity contribution is -0.119. The lowest BCUT2D eigenvalue weighted by Gasteiger charge is -2.16. The molecule has 0 aliphatic rings. The van der Waals surface area contributed by atoms with Gasteiger partial charge in [-0.25, -0.2) is 13.4 Å². The second-order valence-electron chi connectivity index (χ2n) is 7.11. The Morgan fingerprint density at radius 1 is 1.15 bits per heavy atom. The highest BCUT2D eigenvalue weighted by molar-refractivity contribution is 7.92. The first-order chi connectivity index (χ1) is 16.1. The molecule has 3 aromatic rings. The Balaban J connectivity index is 1.89. The molecule has 1 heterocycles. The fraction of sp³-hybridized carbons (Fsp3) is 0.190. The van der Waals surface area contributed by atoms with Crippen molar-refractivity contribution in [2.24, 2.45) is 5.73 Å². The molecule has 11 nitrogen and oxygen atoms in total. The fourth-order valence-electron chi connectivity index (χ4n) is 2.86. The first kappa shape index (κ1) is 24.9. The van der Waals surface area contributed by atoms with Crippen molar-refractivity contribution in [1.29, 1.82) is 0 Å². The number of hydrogen-bond acceptors (Lipinski definition) is 9. The van der Waals surface area contributed by atoms with Crippen molar-refractivity contribution in [3.8, 4) is 11.5 Å². The minimum atomic E-state index is -3.56. The summed E-state index contributed by atoms with van der Waals surface area (Å²) < 4.78 is 36.6. The predicted molar refractivity (Wildman–Crippen MR) is 131 cm³/mol. The molecular formula is C21H23ClN6O5S. The number of halogens is 1. The van der Waals surface area contributed by atoms with E-state index >= 15 is 0 Å². The number of methoxy groups -OCH3 is 1. The summed E-state index contributed by atoms with van der Waals surface area (Å²) in [6.07, 6.45) is 2.44. The van der Waals surface area contributed by atoms with E-state index in [1.807, 2.05) is 0 Å². The number of carbonyl (C=O) groups is 1. The molecule has 0 bridgehead atoms. The van der Waals surface area contributed by atoms with Gasteiger partial charge in [-0.15, -0.1) is 0 Å². The van der Waals surface area contributed by atoms with Gasteiger partial charge in [0.05, 0.1) is 30.9 Å². The molecule has 0 unspecified atom stereocenters. The molecular weight excluding hydrogens is 484 g/mol. The van der Waals surface area contributed by atoms with Gasteiger partial charge in [-0.1, -0.05) is 17.7 Å². The molecule has 3 rings (SSSR count). The van der Waals surface area contributed by atoms with Gasteiger partial charge in [0, 0.05) is 17.3 Å². The molecule has 13 heteroatoms. The summed E-state index contributed by atoms with van der Waals surface area (Å²) in [5.74, 6) is 0.804. The van der Waals surface area contributed by atoms with Crippen LogP contribution in [0.4, 0.5) is 28.8 Å². The number of nitrogens with zero attached hydrogens (tertiary/aromatic N) is 2. The highest BCUT2D eigenvalue weighted by Gasteiger charge is 2.14. The molecule has 5 N–H and O–H groups in total. The summed E-state index contributed by atoms with van der Waals surface area (Å²) in [5.41, 5.74) is 7.15. The van der Waals surface area contributed by atoms with Crippen molar-refractivity contribution in [2.75, 3.05) is 35.3 Å². The maximum atomic E-state index is 11.8. The molecule has 0 atom stereocenters. The van der Waals surface area contributed by atoms with Gasteiger partial charge >= 0.3 is 0 Å². The predicted octanol–water partition coefficient (Wildman–Crippen LogP) is 3.17. The molecule has 0 aliphatic heterocycles. The van der Waals surface area contributed by atoms with E-state index in [9.17, 15) is 13.2 Å². The van der Waals surface area contributed by atoms with Crippen LogP contribution in [-0.4, -0.2) is 44.3 Å². The van der Waals surface area contributed by atoms with E-state index in [0.717, 1.165) is 6.26 Å². The number of benzene rings is 2. The normalized spacial score (nSPS) is 10.9. The van der Waals surface area contributed by atoms with E-state index in [0.29, 0.717) is 28.4 Å². The zero-order valence-electron chi connectivity index (χ0n) is 18.5. The van der Waals surface area contributed by atoms with Gasteiger partial charge in [-0.3, -0.25) is 9.52 Å². The van der Waals surface area contributed by atoms with Crippen LogP contribution in [0.3, 0.4) is 0 Å². The number of aromatic nitrogens is 2. The van der Waals surface area contributed by atoms with E-state index in [2.05, 4.69) is 25.3 Å². The van der Waals surface area contributed by atoms with Crippen LogP contribution < -0.4 is 30.6 Å². The minimum Gasteiger partial charge on any atom is -0.497 e. The topological polar surface area (TPSA) is 158 Å². The van der Waals surface area contributed by atoms with Crippen molar-refractivity contribution >= 4 is 56.4 Å². The zero-order valence-corrected chi connectivity index (χ0v) is 20.1. The van der Waals surface area contributed by atoms with Crippen molar-refractivity contribution in [2.45, 2.75) is 6.92 Å². The molecule has 0 saturated carbocycles. The molecule has 0 fully saturated rings. The number of ether oxygens (including phenoxy) is 2. The molecule has 1 aromatic heterocycles. The Kier molecular flexibility index (Phi) is 7.64. The summed E-state index contributed by atoms with van der Waals surface area (Å²) in [7, 11) is -2.09. The molecule has 0 saturated heterocycles. The summed E-state index contributed by atoms with van der Waals surface area (Å²) in [4.78, 5) is 19.6. The second-order valence-corrected chi connectivity index (χ2v) is 9.27. The summed E-state index contributed by atoms with van der Waals surface area (Å²) in [5, 5.41) is 6.30. The second kappa shape index (κ2) is 10.4. The highest BCUT2D eigenvalue weighted by Crippen LogP contribution is 2.33. The van der Waals surface area contributed by atoms with Crippen LogP contribution in [0, 0.1) is 6.92 Å². The third-order valence-corrected chi connectivity index (χ3v) is 5.29. The molecule has 1 amide bonds. The smallest absolute Gasteiger partial charge is 0.255 e. The molecule has 0 spiro atoms. The molecule has 0 aliphatic carbocycles. The zero-order chi connectivity index (χ0) is 24.9. The minimum absolute atomic E-state index is 0.210. The van der Waals surface area contributed by atoms with E-state index in [1.54, 1.807) is 37.3 Å². The maximum absolute atomic E-state index is 11.8. The van der Waals surface area contributed by atoms with Crippen LogP contribution in [-0.2, 0) is 14.8 Å². The SMILES string of the molecule is COc1ccc(Nc2nc(Nc3cccc(OCC(N)=O)c3C)ncc2Cl)c(NS(C)(=O)=O)c1. The number of anilines is 5. The number of nitrogens with one attached hydrogen (secondary N) is 3. The van der Waals surface area contributed by atoms with Gasteiger partial charge < -0.3 is 25.8 Å². The maximum Gasteiger partial charge on any atom is 0.255 e. The van der Waals surface area contributed by atoms with Crippen LogP contribution in [0.15, 0.2) is 42.6 Å². The third-order valence-electron chi connectivity index (χ3n) is 4.42. The average molecular weight is 507 g/mol. The number of hydrogen-bond donors (Lipinski definition) is 4. The lowest BCUT2D eigenvalue weighted by Crippen LogP contribution is -2.20. The Bertz CT molecular complexity index is 1320. The van der Waals surface area contributed by atoms with Crippen LogP contribution in [0.25, 0.3) is 0 Å². The van der Waals surface area contributed by atoms with Gasteiger partial charge in [-0.2, -0.15) is 4.98 Å². The summed E-state index contributed by atoms with van der Waals surface area (Å²) >= 11 is 6.28. The molecule has 2 aromatic carbocycles. The number of amides is 1. The number of nitrogens with two attached hydrogens (primary N) is 1. The lowest BCUT2D eigenvalue weighted by atomic mass is 10.2. The van der Waals surface area contributed by atoms with Gasteiger partial charge in [0.1, 0.15) is 16.5 Å². The van der Waals surface area contributed by atoms with Crippen LogP contribution in [0.5, 0.6) is 11.5 Å². The first-order valence-corrected chi connectivity index (χ1v) is 12.1. The third kappa shape index (κ3) is 6.62. The number of rotatable bonds is 10. The number of sulfonamides is 1. The van der Waals surface area contributed by atoms with E-state index in [-0.39, 0.29) is 29.1 Å². The Morgan fingerprint density at radius 2 is 1.91 bits per heavy atom. The first-order valence-electron chi connectivity index (χ1n) is 9.79. The number of carbonyl (C=O) groups excluding carboxylic acids is 1. The van der Waals surface area contributed by atoms with Crippen molar-refractivity contribution in [1.82, 2.24) is 9.97 Å². The Labute approximate surface area is 201 Å².